The Balaban J connectivity index is 0.000000136. The number of aromatic nitrogens is 15. The number of pyridine rings is 3. The van der Waals surface area contributed by atoms with E-state index in [9.17, 15) is 28.8 Å². The fourth-order valence-corrected chi connectivity index (χ4v) is 10.0. The van der Waals surface area contributed by atoms with E-state index in [1.54, 1.807) is 50.3 Å². The molecule has 12 rings (SSSR count). The van der Waals surface area contributed by atoms with Gasteiger partial charge in [0.2, 0.25) is 0 Å². The fourth-order valence-electron chi connectivity index (χ4n) is 10.0. The van der Waals surface area contributed by atoms with Crippen LogP contribution in [0.1, 0.15) is 112 Å². The van der Waals surface area contributed by atoms with Gasteiger partial charge in [-0.3, -0.25) is 28.8 Å². The summed E-state index contributed by atoms with van der Waals surface area (Å²) in [7, 11) is 0. The minimum absolute atomic E-state index is 0.0335. The Morgan fingerprint density at radius 1 is 0.432 bits per heavy atom. The zero-order valence-corrected chi connectivity index (χ0v) is 45.6. The van der Waals surface area contributed by atoms with Crippen molar-refractivity contribution < 1.29 is 14.4 Å². The molecule has 0 fully saturated rings. The Kier molecular flexibility index (Phi) is 17.2. The van der Waals surface area contributed by atoms with Gasteiger partial charge in [-0.05, 0) is 164 Å². The number of fused-ring (bicyclic) bond motifs is 3. The van der Waals surface area contributed by atoms with E-state index < -0.39 is 0 Å². The van der Waals surface area contributed by atoms with Crippen molar-refractivity contribution in [3.8, 4) is 0 Å². The second kappa shape index (κ2) is 25.2. The molecule has 0 saturated heterocycles. The van der Waals surface area contributed by atoms with Crippen LogP contribution in [0.2, 0.25) is 0 Å². The van der Waals surface area contributed by atoms with Crippen molar-refractivity contribution in [2.75, 3.05) is 0 Å². The Labute approximate surface area is 465 Å². The number of ketones is 3. The lowest BCUT2D eigenvalue weighted by molar-refractivity contribution is -0.120. The molecule has 414 valence electrons. The molecule has 0 radical (unpaired) electrons. The molecule has 9 aromatic heterocycles. The molecule has 0 aromatic carbocycles. The first-order valence-corrected chi connectivity index (χ1v) is 27.5. The van der Waals surface area contributed by atoms with Crippen molar-refractivity contribution in [1.29, 1.82) is 0 Å². The van der Waals surface area contributed by atoms with E-state index in [0.717, 1.165) is 108 Å². The van der Waals surface area contributed by atoms with Crippen LogP contribution in [0.4, 0.5) is 0 Å². The maximum absolute atomic E-state index is 12.5. The Hall–Kier alpha value is -9.27. The van der Waals surface area contributed by atoms with Gasteiger partial charge in [-0.25, -0.2) is 42.5 Å². The van der Waals surface area contributed by atoms with Crippen LogP contribution in [0.3, 0.4) is 0 Å². The predicted molar refractivity (Wildman–Crippen MR) is 304 cm³/mol. The molecule has 0 N–H and O–H groups in total. The van der Waals surface area contributed by atoms with E-state index >= 15 is 0 Å². The van der Waals surface area contributed by atoms with Crippen molar-refractivity contribution in [3.63, 3.8) is 0 Å². The number of hydrogen-bond acceptors (Lipinski definition) is 15. The lowest BCUT2D eigenvalue weighted by Gasteiger charge is -2.18. The van der Waals surface area contributed by atoms with Crippen LogP contribution in [-0.2, 0) is 53.3 Å². The maximum atomic E-state index is 12.5. The first-order valence-electron chi connectivity index (χ1n) is 27.5. The summed E-state index contributed by atoms with van der Waals surface area (Å²) in [5, 5.41) is 25.4. The summed E-state index contributed by atoms with van der Waals surface area (Å²) in [4.78, 5) is 86.2. The molecule has 9 heterocycles. The molecule has 0 aliphatic heterocycles. The topological polar surface area (TPSA) is 246 Å². The largest absolute Gasteiger partial charge is 0.297 e. The van der Waals surface area contributed by atoms with E-state index in [0.29, 0.717) is 34.7 Å². The number of allylic oxidation sites excluding steroid dienone is 6. The first kappa shape index (κ1) is 55.1. The molecular formula is C60H63N15O6. The van der Waals surface area contributed by atoms with Gasteiger partial charge >= 0.3 is 0 Å². The Morgan fingerprint density at radius 3 is 1.00 bits per heavy atom. The molecule has 3 unspecified atom stereocenters. The third kappa shape index (κ3) is 14.3. The standard InChI is InChI=1S/3C20H21N5O2/c3*1-14-2-4-16(5-3-14)18-6-7-20(27)25(23-18)12-17(26)10-15-8-9-24-19(11-15)21-13-22-24/h3*4,6-9,11,13-14H,2-3,5,10,12H2,1H3. The summed E-state index contributed by atoms with van der Waals surface area (Å²) in [6.07, 6.45) is 26.3. The highest BCUT2D eigenvalue weighted by Crippen LogP contribution is 2.30. The SMILES string of the molecule is CC1CC=C(c2ccc(=O)n(CC(=O)Cc3ccn4ncnc4c3)n2)CC1.CC1CC=C(c2ccc(=O)n(CC(=O)Cc3ccn4ncnc4c3)n2)CC1.CC1CC=C(c2ccc(=O)n(CC(=O)Cc3ccn4ncnc4c3)n2)CC1. The van der Waals surface area contributed by atoms with Crippen LogP contribution < -0.4 is 16.7 Å². The predicted octanol–water partition coefficient (Wildman–Crippen LogP) is 6.90. The van der Waals surface area contributed by atoms with Crippen LogP contribution in [0.25, 0.3) is 33.7 Å². The van der Waals surface area contributed by atoms with E-state index in [4.69, 9.17) is 0 Å². The van der Waals surface area contributed by atoms with Gasteiger partial charge in [0.15, 0.2) is 34.3 Å². The second-order valence-corrected chi connectivity index (χ2v) is 21.4. The second-order valence-electron chi connectivity index (χ2n) is 21.4. The quantitative estimate of drug-likeness (QED) is 0.101. The van der Waals surface area contributed by atoms with Crippen molar-refractivity contribution >= 4 is 51.0 Å². The molecule has 21 heteroatoms. The van der Waals surface area contributed by atoms with Crippen molar-refractivity contribution in [3.05, 3.63) is 193 Å². The van der Waals surface area contributed by atoms with Gasteiger partial charge in [0.25, 0.3) is 16.7 Å². The molecule has 81 heavy (non-hydrogen) atoms. The van der Waals surface area contributed by atoms with Crippen LogP contribution >= 0.6 is 0 Å². The van der Waals surface area contributed by atoms with Crippen LogP contribution in [0, 0.1) is 17.8 Å². The van der Waals surface area contributed by atoms with Crippen LogP contribution in [-0.4, -0.2) is 90.5 Å². The molecule has 0 spiro atoms. The van der Waals surface area contributed by atoms with E-state index in [1.807, 2.05) is 36.4 Å². The average molecular weight is 1090 g/mol. The maximum Gasteiger partial charge on any atom is 0.267 e. The lowest BCUT2D eigenvalue weighted by Crippen LogP contribution is -2.27. The van der Waals surface area contributed by atoms with Gasteiger partial charge in [-0.2, -0.15) is 30.6 Å². The van der Waals surface area contributed by atoms with Crippen molar-refractivity contribution in [2.45, 2.75) is 117 Å². The molecule has 0 saturated carbocycles. The van der Waals surface area contributed by atoms with Gasteiger partial charge in [0.05, 0.1) is 17.1 Å². The molecule has 0 bridgehead atoms. The molecule has 0 amide bonds. The first-order chi connectivity index (χ1) is 39.2. The third-order valence-corrected chi connectivity index (χ3v) is 14.8. The number of rotatable bonds is 15. The van der Waals surface area contributed by atoms with Crippen molar-refractivity contribution in [1.82, 2.24) is 73.1 Å². The van der Waals surface area contributed by atoms with E-state index in [1.165, 1.54) is 51.2 Å². The summed E-state index contributed by atoms with van der Waals surface area (Å²) in [5.41, 5.74) is 9.67. The molecule has 21 nitrogen and oxygen atoms in total. The number of hydrogen-bond donors (Lipinski definition) is 0. The number of nitrogens with zero attached hydrogens (tertiary/aromatic N) is 15. The van der Waals surface area contributed by atoms with Crippen LogP contribution in [0.15, 0.2) is 143 Å². The van der Waals surface area contributed by atoms with E-state index in [2.05, 4.69) is 84.5 Å². The average Bonchev–Trinajstić information content (AvgIpc) is 4.28. The highest BCUT2D eigenvalue weighted by molar-refractivity contribution is 5.82. The fraction of sp³-hybridized carbons (Fsp3) is 0.350. The van der Waals surface area contributed by atoms with Gasteiger partial charge in [-0.15, -0.1) is 0 Å². The summed E-state index contributed by atoms with van der Waals surface area (Å²) >= 11 is 0. The smallest absolute Gasteiger partial charge is 0.267 e. The van der Waals surface area contributed by atoms with Gasteiger partial charge < -0.3 is 0 Å². The summed E-state index contributed by atoms with van der Waals surface area (Å²) in [6.45, 7) is 6.60. The monoisotopic (exact) mass is 1090 g/mol. The number of Topliss-reactive ketones (excluding diaryl/α,β-unsaturated/α-hetero) is 3. The zero-order chi connectivity index (χ0) is 56.4. The van der Waals surface area contributed by atoms with Crippen molar-refractivity contribution in [2.24, 2.45) is 17.8 Å². The zero-order valence-electron chi connectivity index (χ0n) is 45.6. The van der Waals surface area contributed by atoms with Gasteiger partial charge in [0.1, 0.15) is 38.6 Å². The Bertz CT molecular complexity index is 3650. The van der Waals surface area contributed by atoms with Gasteiger partial charge in [-0.1, -0.05) is 39.0 Å². The molecule has 3 aliphatic carbocycles. The van der Waals surface area contributed by atoms with E-state index in [-0.39, 0.29) is 72.9 Å². The van der Waals surface area contributed by atoms with Crippen LogP contribution in [0.5, 0.6) is 0 Å². The molecule has 3 aliphatic rings. The highest BCUT2D eigenvalue weighted by Gasteiger charge is 2.19. The molecule has 3 atom stereocenters. The molecule has 9 aromatic rings. The summed E-state index contributed by atoms with van der Waals surface area (Å²) in [6, 6.07) is 20.7. The number of carbonyl (C=O) groups is 3. The summed E-state index contributed by atoms with van der Waals surface area (Å²) in [5.74, 6) is 1.84. The third-order valence-electron chi connectivity index (χ3n) is 14.8. The number of carbonyl (C=O) groups excluding carboxylic acids is 3. The minimum atomic E-state index is -0.259. The highest BCUT2D eigenvalue weighted by atomic mass is 16.2. The Morgan fingerprint density at radius 2 is 0.728 bits per heavy atom. The van der Waals surface area contributed by atoms with Gasteiger partial charge in [0, 0.05) is 56.1 Å². The normalized spacial score (nSPS) is 17.1. The lowest BCUT2D eigenvalue weighted by atomic mass is 9.90. The summed E-state index contributed by atoms with van der Waals surface area (Å²) < 4.78 is 8.73. The minimum Gasteiger partial charge on any atom is -0.297 e. The molecular weight excluding hydrogens is 1030 g/mol.